The highest BCUT2D eigenvalue weighted by molar-refractivity contribution is 5.96. The first-order valence-electron chi connectivity index (χ1n) is 10.2. The summed E-state index contributed by atoms with van der Waals surface area (Å²) in [7, 11) is 0. The van der Waals surface area contributed by atoms with Crippen molar-refractivity contribution in [1.29, 1.82) is 0 Å². The standard InChI is InChI=1S/C25H24N2O3/c1-2-3-8-24-26-22-14-13-19(28)15-23(22)27(24)16-17-9-11-18(12-10-17)20-6-4-5-7-21(20)25(29)30/h4-7,9-15,28H,2-3,8,16H2,1H3,(H,29,30). The number of benzene rings is 3. The van der Waals surface area contributed by atoms with E-state index < -0.39 is 5.97 Å². The van der Waals surface area contributed by atoms with Gasteiger partial charge in [0.15, 0.2) is 0 Å². The van der Waals surface area contributed by atoms with Crippen LogP contribution in [0.1, 0.15) is 41.5 Å². The van der Waals surface area contributed by atoms with Crippen LogP contribution in [0.4, 0.5) is 0 Å². The molecule has 0 unspecified atom stereocenters. The van der Waals surface area contributed by atoms with Crippen molar-refractivity contribution in [2.45, 2.75) is 32.7 Å². The average Bonchev–Trinajstić information content (AvgIpc) is 3.09. The lowest BCUT2D eigenvalue weighted by Gasteiger charge is -2.11. The summed E-state index contributed by atoms with van der Waals surface area (Å²) in [6.07, 6.45) is 3.03. The van der Waals surface area contributed by atoms with Crippen molar-refractivity contribution in [2.75, 3.05) is 0 Å². The molecule has 0 atom stereocenters. The Kier molecular flexibility index (Phi) is 5.53. The Balaban J connectivity index is 1.68. The summed E-state index contributed by atoms with van der Waals surface area (Å²) < 4.78 is 2.16. The van der Waals surface area contributed by atoms with Crippen molar-refractivity contribution in [1.82, 2.24) is 9.55 Å². The molecule has 0 aliphatic carbocycles. The maximum atomic E-state index is 11.5. The number of rotatable bonds is 7. The van der Waals surface area contributed by atoms with Gasteiger partial charge in [0.05, 0.1) is 16.6 Å². The van der Waals surface area contributed by atoms with Crippen LogP contribution in [0, 0.1) is 0 Å². The van der Waals surface area contributed by atoms with Crippen molar-refractivity contribution < 1.29 is 15.0 Å². The minimum Gasteiger partial charge on any atom is -0.508 e. The lowest BCUT2D eigenvalue weighted by molar-refractivity contribution is 0.0697. The topological polar surface area (TPSA) is 75.4 Å². The molecule has 0 spiro atoms. The van der Waals surface area contributed by atoms with Crippen molar-refractivity contribution in [3.05, 3.63) is 83.7 Å². The van der Waals surface area contributed by atoms with Gasteiger partial charge in [0.1, 0.15) is 11.6 Å². The molecule has 0 saturated carbocycles. The van der Waals surface area contributed by atoms with Crippen LogP contribution >= 0.6 is 0 Å². The Labute approximate surface area is 175 Å². The molecule has 0 fully saturated rings. The smallest absolute Gasteiger partial charge is 0.336 e. The monoisotopic (exact) mass is 400 g/mol. The van der Waals surface area contributed by atoms with E-state index >= 15 is 0 Å². The molecule has 0 saturated heterocycles. The van der Waals surface area contributed by atoms with E-state index in [1.54, 1.807) is 24.3 Å². The summed E-state index contributed by atoms with van der Waals surface area (Å²) in [4.78, 5) is 16.3. The Morgan fingerprint density at radius 1 is 1.03 bits per heavy atom. The molecule has 1 heterocycles. The largest absolute Gasteiger partial charge is 0.508 e. The zero-order chi connectivity index (χ0) is 21.1. The number of carbonyl (C=O) groups is 1. The summed E-state index contributed by atoms with van der Waals surface area (Å²) in [6.45, 7) is 2.80. The first kappa shape index (κ1) is 19.7. The Hall–Kier alpha value is -3.60. The number of hydrogen-bond acceptors (Lipinski definition) is 3. The fourth-order valence-electron chi connectivity index (χ4n) is 3.76. The van der Waals surface area contributed by atoms with E-state index in [0.29, 0.717) is 17.7 Å². The molecule has 2 N–H and O–H groups in total. The number of fused-ring (bicyclic) bond motifs is 1. The fraction of sp³-hybridized carbons (Fsp3) is 0.200. The predicted molar refractivity (Wildman–Crippen MR) is 118 cm³/mol. The van der Waals surface area contributed by atoms with Crippen LogP contribution in [0.15, 0.2) is 66.7 Å². The first-order chi connectivity index (χ1) is 14.6. The number of nitrogens with zero attached hydrogens (tertiary/aromatic N) is 2. The lowest BCUT2D eigenvalue weighted by atomic mass is 9.99. The minimum atomic E-state index is -0.931. The van der Waals surface area contributed by atoms with Gasteiger partial charge in [-0.25, -0.2) is 9.78 Å². The molecule has 30 heavy (non-hydrogen) atoms. The number of hydrogen-bond donors (Lipinski definition) is 2. The normalized spacial score (nSPS) is 11.1. The van der Waals surface area contributed by atoms with Crippen molar-refractivity contribution in [2.24, 2.45) is 0 Å². The summed E-state index contributed by atoms with van der Waals surface area (Å²) in [5, 5.41) is 19.4. The van der Waals surface area contributed by atoms with Crippen molar-refractivity contribution >= 4 is 17.0 Å². The molecule has 0 bridgehead atoms. The molecule has 5 nitrogen and oxygen atoms in total. The number of aromatic carboxylic acids is 1. The Morgan fingerprint density at radius 3 is 2.53 bits per heavy atom. The third-order valence-electron chi connectivity index (χ3n) is 5.33. The zero-order valence-electron chi connectivity index (χ0n) is 16.9. The number of aromatic nitrogens is 2. The van der Waals surface area contributed by atoms with E-state index in [9.17, 15) is 15.0 Å². The van der Waals surface area contributed by atoms with Gasteiger partial charge in [-0.3, -0.25) is 0 Å². The van der Waals surface area contributed by atoms with Gasteiger partial charge in [0.2, 0.25) is 0 Å². The van der Waals surface area contributed by atoms with Gasteiger partial charge in [-0.15, -0.1) is 0 Å². The first-order valence-corrected chi connectivity index (χ1v) is 10.2. The SMILES string of the molecule is CCCCc1nc2ccc(O)cc2n1Cc1ccc(-c2ccccc2C(=O)O)cc1. The second-order valence-electron chi connectivity index (χ2n) is 7.44. The van der Waals surface area contributed by atoms with Crippen LogP contribution in [-0.4, -0.2) is 25.7 Å². The van der Waals surface area contributed by atoms with Crippen LogP contribution in [0.5, 0.6) is 5.75 Å². The summed E-state index contributed by atoms with van der Waals surface area (Å²) in [5.74, 6) is 0.309. The van der Waals surface area contributed by atoms with Crippen LogP contribution in [-0.2, 0) is 13.0 Å². The minimum absolute atomic E-state index is 0.228. The number of carboxylic acid groups (broad SMARTS) is 1. The van der Waals surface area contributed by atoms with E-state index in [4.69, 9.17) is 4.98 Å². The summed E-state index contributed by atoms with van der Waals surface area (Å²) in [6, 6.07) is 20.3. The van der Waals surface area contributed by atoms with Gasteiger partial charge >= 0.3 is 5.97 Å². The van der Waals surface area contributed by atoms with Gasteiger partial charge in [0, 0.05) is 19.0 Å². The molecule has 3 aromatic carbocycles. The van der Waals surface area contributed by atoms with Gasteiger partial charge in [-0.1, -0.05) is 55.8 Å². The maximum absolute atomic E-state index is 11.5. The van der Waals surface area contributed by atoms with E-state index in [-0.39, 0.29) is 5.75 Å². The molecule has 0 aliphatic heterocycles. The molecule has 1 aromatic heterocycles. The molecular weight excluding hydrogens is 376 g/mol. The molecule has 0 radical (unpaired) electrons. The van der Waals surface area contributed by atoms with Gasteiger partial charge in [0.25, 0.3) is 0 Å². The van der Waals surface area contributed by atoms with Crippen molar-refractivity contribution in [3.8, 4) is 16.9 Å². The number of imidazole rings is 1. The van der Waals surface area contributed by atoms with Crippen molar-refractivity contribution in [3.63, 3.8) is 0 Å². The summed E-state index contributed by atoms with van der Waals surface area (Å²) in [5.41, 5.74) is 4.76. The maximum Gasteiger partial charge on any atom is 0.336 e. The third-order valence-corrected chi connectivity index (χ3v) is 5.33. The number of phenolic OH excluding ortho intramolecular Hbond substituents is 1. The van der Waals surface area contributed by atoms with E-state index in [0.717, 1.165) is 47.2 Å². The highest BCUT2D eigenvalue weighted by Gasteiger charge is 2.13. The third kappa shape index (κ3) is 3.92. The number of unbranched alkanes of at least 4 members (excludes halogenated alkanes) is 1. The van der Waals surface area contributed by atoms with Crippen LogP contribution in [0.25, 0.3) is 22.2 Å². The Morgan fingerprint density at radius 2 is 1.80 bits per heavy atom. The van der Waals surface area contributed by atoms with Crippen LogP contribution in [0.2, 0.25) is 0 Å². The second kappa shape index (κ2) is 8.41. The predicted octanol–water partition coefficient (Wildman–Crippen LogP) is 5.50. The zero-order valence-corrected chi connectivity index (χ0v) is 16.9. The van der Waals surface area contributed by atoms with Crippen LogP contribution in [0.3, 0.4) is 0 Å². The van der Waals surface area contributed by atoms with Crippen LogP contribution < -0.4 is 0 Å². The molecule has 0 aliphatic rings. The molecule has 152 valence electrons. The fourth-order valence-corrected chi connectivity index (χ4v) is 3.76. The number of phenols is 1. The van der Waals surface area contributed by atoms with E-state index in [2.05, 4.69) is 11.5 Å². The average molecular weight is 400 g/mol. The highest BCUT2D eigenvalue weighted by Crippen LogP contribution is 2.26. The van der Waals surface area contributed by atoms with E-state index in [1.165, 1.54) is 0 Å². The van der Waals surface area contributed by atoms with Gasteiger partial charge in [-0.2, -0.15) is 0 Å². The molecule has 4 aromatic rings. The number of aryl methyl sites for hydroxylation is 1. The molecule has 5 heteroatoms. The number of aromatic hydroxyl groups is 1. The van der Waals surface area contributed by atoms with E-state index in [1.807, 2.05) is 42.5 Å². The highest BCUT2D eigenvalue weighted by atomic mass is 16.4. The van der Waals surface area contributed by atoms with Gasteiger partial charge in [-0.05, 0) is 41.3 Å². The lowest BCUT2D eigenvalue weighted by Crippen LogP contribution is -2.05. The quantitative estimate of drug-likeness (QED) is 0.430. The van der Waals surface area contributed by atoms with Gasteiger partial charge < -0.3 is 14.8 Å². The molecule has 0 amide bonds. The summed E-state index contributed by atoms with van der Waals surface area (Å²) >= 11 is 0. The Bertz CT molecular complexity index is 1190. The molecule has 4 rings (SSSR count). The second-order valence-corrected chi connectivity index (χ2v) is 7.44. The number of carboxylic acids is 1. The molecular formula is C25H24N2O3.